The fraction of sp³-hybridized carbons (Fsp3) is 0.519. The molecule has 1 fully saturated rings. The van der Waals surface area contributed by atoms with Crippen molar-refractivity contribution < 1.29 is 28.2 Å². The summed E-state index contributed by atoms with van der Waals surface area (Å²) in [4.78, 5) is 30.5. The molecule has 40 heavy (non-hydrogen) atoms. The van der Waals surface area contributed by atoms with Gasteiger partial charge in [0.1, 0.15) is 11.3 Å². The number of aliphatic hydroxyl groups is 1. The molecule has 2 aromatic heterocycles. The van der Waals surface area contributed by atoms with Crippen LogP contribution in [-0.2, 0) is 26.8 Å². The van der Waals surface area contributed by atoms with Crippen molar-refractivity contribution in [3.8, 4) is 17.1 Å². The van der Waals surface area contributed by atoms with E-state index in [-0.39, 0.29) is 33.8 Å². The third-order valence-electron chi connectivity index (χ3n) is 7.51. The van der Waals surface area contributed by atoms with Gasteiger partial charge in [0, 0.05) is 37.4 Å². The van der Waals surface area contributed by atoms with Gasteiger partial charge in [-0.2, -0.15) is 4.31 Å². The van der Waals surface area contributed by atoms with Crippen molar-refractivity contribution in [2.75, 3.05) is 39.8 Å². The first-order valence-electron chi connectivity index (χ1n) is 13.5. The Labute approximate surface area is 233 Å². The van der Waals surface area contributed by atoms with Gasteiger partial charge < -0.3 is 24.8 Å². The minimum atomic E-state index is -3.83. The largest absolute Gasteiger partial charge is 0.493 e. The fourth-order valence-electron chi connectivity index (χ4n) is 5.29. The second kappa shape index (κ2) is 11.3. The first-order chi connectivity index (χ1) is 18.9. The highest BCUT2D eigenvalue weighted by molar-refractivity contribution is 7.89. The molecule has 1 aliphatic rings. The van der Waals surface area contributed by atoms with E-state index < -0.39 is 27.2 Å². The zero-order valence-corrected chi connectivity index (χ0v) is 24.3. The molecule has 12 nitrogen and oxygen atoms in total. The number of aliphatic carboxylic acids is 1. The Bertz CT molecular complexity index is 1590. The van der Waals surface area contributed by atoms with E-state index in [2.05, 4.69) is 15.0 Å². The van der Waals surface area contributed by atoms with Gasteiger partial charge in [-0.1, -0.05) is 20.3 Å². The van der Waals surface area contributed by atoms with Gasteiger partial charge in [-0.05, 0) is 57.5 Å². The normalized spacial score (nSPS) is 16.8. The maximum atomic E-state index is 13.5. The topological polar surface area (TPSA) is 158 Å². The lowest BCUT2D eigenvalue weighted by atomic mass is 9.87. The van der Waals surface area contributed by atoms with Gasteiger partial charge in [-0.25, -0.2) is 17.7 Å². The molecule has 4 rings (SSSR count). The Kier molecular flexibility index (Phi) is 8.41. The number of rotatable bonds is 10. The van der Waals surface area contributed by atoms with Crippen molar-refractivity contribution in [1.29, 1.82) is 0 Å². The average molecular weight is 576 g/mol. The quantitative estimate of drug-likeness (QED) is 0.329. The van der Waals surface area contributed by atoms with Crippen LogP contribution in [0.4, 0.5) is 0 Å². The molecule has 13 heteroatoms. The molecule has 0 spiro atoms. The highest BCUT2D eigenvalue weighted by Crippen LogP contribution is 2.36. The molecule has 0 saturated carbocycles. The second-order valence-corrected chi connectivity index (χ2v) is 12.0. The van der Waals surface area contributed by atoms with Gasteiger partial charge in [0.15, 0.2) is 11.4 Å². The molecule has 3 N–H and O–H groups in total. The second-order valence-electron chi connectivity index (χ2n) is 10.1. The third kappa shape index (κ3) is 5.02. The minimum Gasteiger partial charge on any atom is -0.493 e. The third-order valence-corrected chi connectivity index (χ3v) is 9.40. The number of H-pyrrole nitrogens is 1. The van der Waals surface area contributed by atoms with Crippen LogP contribution in [0, 0.1) is 6.92 Å². The van der Waals surface area contributed by atoms with Gasteiger partial charge in [0.05, 0.1) is 17.1 Å². The highest BCUT2D eigenvalue weighted by Gasteiger charge is 2.42. The molecule has 1 aliphatic heterocycles. The number of carbonyl (C=O) groups is 1. The number of hydrogen-bond donors (Lipinski definition) is 3. The van der Waals surface area contributed by atoms with E-state index in [1.165, 1.54) is 21.0 Å². The van der Waals surface area contributed by atoms with Crippen LogP contribution in [0.3, 0.4) is 0 Å². The number of ether oxygens (including phenoxy) is 1. The van der Waals surface area contributed by atoms with Gasteiger partial charge in [0.2, 0.25) is 10.0 Å². The van der Waals surface area contributed by atoms with Crippen LogP contribution in [0.25, 0.3) is 16.9 Å². The molecular weight excluding hydrogens is 538 g/mol. The highest BCUT2D eigenvalue weighted by atomic mass is 32.2. The Morgan fingerprint density at radius 2 is 1.85 bits per heavy atom. The van der Waals surface area contributed by atoms with E-state index in [1.54, 1.807) is 26.8 Å². The molecular formula is C27H37N5O7S. The number of nitrogens with one attached hydrogen (secondary N) is 1. The first-order valence-corrected chi connectivity index (χ1v) is 14.9. The summed E-state index contributed by atoms with van der Waals surface area (Å²) in [7, 11) is -1.89. The van der Waals surface area contributed by atoms with E-state index in [0.29, 0.717) is 62.6 Å². The summed E-state index contributed by atoms with van der Waals surface area (Å²) in [6, 6.07) is 4.47. The predicted molar refractivity (Wildman–Crippen MR) is 149 cm³/mol. The summed E-state index contributed by atoms with van der Waals surface area (Å²) in [5.74, 6) is -1.02. The van der Waals surface area contributed by atoms with E-state index in [9.17, 15) is 28.2 Å². The van der Waals surface area contributed by atoms with Crippen molar-refractivity contribution >= 4 is 21.5 Å². The maximum absolute atomic E-state index is 13.5. The van der Waals surface area contributed by atoms with Gasteiger partial charge in [0.25, 0.3) is 5.56 Å². The number of aryl methyl sites for hydroxylation is 2. The number of aromatic nitrogens is 3. The van der Waals surface area contributed by atoms with Gasteiger partial charge >= 0.3 is 5.97 Å². The first kappa shape index (κ1) is 29.7. The van der Waals surface area contributed by atoms with E-state index >= 15 is 0 Å². The number of hydrogen-bond acceptors (Lipinski definition) is 8. The van der Waals surface area contributed by atoms with Gasteiger partial charge in [-0.3, -0.25) is 4.79 Å². The monoisotopic (exact) mass is 575 g/mol. The van der Waals surface area contributed by atoms with Crippen molar-refractivity contribution in [2.24, 2.45) is 0 Å². The van der Waals surface area contributed by atoms with Crippen molar-refractivity contribution in [2.45, 2.75) is 57.5 Å². The molecule has 1 unspecified atom stereocenters. The standard InChI is InChI=1S/C27H37N5O7S/c1-6-9-20-22(27(36,7-2)26(34)35)17(4)23-25(33)28-24(29-32(20)23)19-16-18(10-11-21(19)39-8-3)40(37,38)31-14-12-30(5)13-15-31/h10-11,16,36H,6-9,12-15H2,1-5H3,(H,34,35)(H,28,29,33). The van der Waals surface area contributed by atoms with Crippen LogP contribution in [0.2, 0.25) is 0 Å². The molecule has 3 heterocycles. The van der Waals surface area contributed by atoms with Crippen molar-refractivity contribution in [1.82, 2.24) is 23.8 Å². The molecule has 1 atom stereocenters. The number of likely N-dealkylation sites (N-methyl/N-ethyl adjacent to an activating group) is 1. The van der Waals surface area contributed by atoms with E-state index in [0.717, 1.165) is 0 Å². The average Bonchev–Trinajstić information content (AvgIpc) is 3.20. The van der Waals surface area contributed by atoms with Crippen LogP contribution in [-0.4, -0.2) is 88.2 Å². The predicted octanol–water partition coefficient (Wildman–Crippen LogP) is 1.97. The molecule has 3 aromatic rings. The van der Waals surface area contributed by atoms with Crippen LogP contribution >= 0.6 is 0 Å². The zero-order chi connectivity index (χ0) is 29.4. The Morgan fingerprint density at radius 3 is 2.42 bits per heavy atom. The number of benzene rings is 1. The summed E-state index contributed by atoms with van der Waals surface area (Å²) in [5, 5.41) is 25.7. The number of carboxylic acids is 1. The van der Waals surface area contributed by atoms with Crippen LogP contribution in [0.15, 0.2) is 27.9 Å². The summed E-state index contributed by atoms with van der Waals surface area (Å²) >= 11 is 0. The maximum Gasteiger partial charge on any atom is 0.340 e. The SMILES string of the molecule is CCCc1c(C(O)(CC)C(=O)O)c(C)c2c(=O)[nH]c(-c3cc(S(=O)(=O)N4CCN(C)CC4)ccc3OCC)nn12. The van der Waals surface area contributed by atoms with E-state index in [4.69, 9.17) is 4.74 Å². The smallest absolute Gasteiger partial charge is 0.340 e. The number of piperazine rings is 1. The lowest BCUT2D eigenvalue weighted by Gasteiger charge is -2.31. The minimum absolute atomic E-state index is 0.0441. The number of nitrogens with zero attached hydrogens (tertiary/aromatic N) is 4. The molecule has 218 valence electrons. The molecule has 1 saturated heterocycles. The van der Waals surface area contributed by atoms with Crippen LogP contribution in [0.1, 0.15) is 50.4 Å². The fourth-order valence-corrected chi connectivity index (χ4v) is 6.74. The summed E-state index contributed by atoms with van der Waals surface area (Å²) in [5.41, 5.74) is -1.48. The lowest BCUT2D eigenvalue weighted by molar-refractivity contribution is -0.160. The lowest BCUT2D eigenvalue weighted by Crippen LogP contribution is -2.47. The van der Waals surface area contributed by atoms with Crippen LogP contribution < -0.4 is 10.3 Å². The number of carboxylic acid groups (broad SMARTS) is 1. The van der Waals surface area contributed by atoms with Crippen molar-refractivity contribution in [3.63, 3.8) is 0 Å². The summed E-state index contributed by atoms with van der Waals surface area (Å²) < 4.78 is 35.6. The zero-order valence-electron chi connectivity index (χ0n) is 23.5. The molecule has 1 aromatic carbocycles. The summed E-state index contributed by atoms with van der Waals surface area (Å²) in [6.07, 6.45) is 0.846. The van der Waals surface area contributed by atoms with Crippen LogP contribution in [0.5, 0.6) is 5.75 Å². The number of sulfonamides is 1. The molecule has 0 amide bonds. The van der Waals surface area contributed by atoms with E-state index in [1.807, 2.05) is 14.0 Å². The molecule has 0 radical (unpaired) electrons. The molecule has 0 aliphatic carbocycles. The Hall–Kier alpha value is -3.26. The number of fused-ring (bicyclic) bond motifs is 1. The van der Waals surface area contributed by atoms with Gasteiger partial charge in [-0.15, -0.1) is 5.10 Å². The Balaban J connectivity index is 1.96. The molecule has 0 bridgehead atoms. The summed E-state index contributed by atoms with van der Waals surface area (Å²) in [6.45, 7) is 9.09. The van der Waals surface area contributed by atoms with Crippen molar-refractivity contribution in [3.05, 3.63) is 45.4 Å². The Morgan fingerprint density at radius 1 is 1.18 bits per heavy atom. The number of aromatic amines is 1.